The average molecular weight is 362 g/mol. The Balaban J connectivity index is 2.03. The molecule has 27 heavy (non-hydrogen) atoms. The second-order valence-electron chi connectivity index (χ2n) is 6.63. The number of aryl methyl sites for hydroxylation is 2. The minimum Gasteiger partial charge on any atom is -0.477 e. The number of benzene rings is 2. The Morgan fingerprint density at radius 1 is 1.15 bits per heavy atom. The van der Waals surface area contributed by atoms with Crippen molar-refractivity contribution in [1.29, 1.82) is 0 Å². The van der Waals surface area contributed by atoms with Gasteiger partial charge < -0.3 is 9.67 Å². The summed E-state index contributed by atoms with van der Waals surface area (Å²) >= 11 is 0. The normalized spacial score (nSPS) is 13.9. The Bertz CT molecular complexity index is 1130. The summed E-state index contributed by atoms with van der Waals surface area (Å²) in [5.41, 5.74) is 2.84. The molecule has 0 bridgehead atoms. The van der Waals surface area contributed by atoms with Gasteiger partial charge in [0.1, 0.15) is 0 Å². The molecule has 0 atom stereocenters. The Labute approximate surface area is 155 Å². The highest BCUT2D eigenvalue weighted by atomic mass is 16.4. The van der Waals surface area contributed by atoms with Crippen molar-refractivity contribution >= 4 is 34.4 Å². The van der Waals surface area contributed by atoms with E-state index in [2.05, 4.69) is 0 Å². The summed E-state index contributed by atoms with van der Waals surface area (Å²) in [6.45, 7) is 2.00. The van der Waals surface area contributed by atoms with Crippen LogP contribution in [0.2, 0.25) is 0 Å². The molecule has 6 heteroatoms. The number of aromatic carboxylic acids is 1. The molecule has 1 aliphatic rings. The third kappa shape index (κ3) is 2.44. The van der Waals surface area contributed by atoms with Crippen molar-refractivity contribution in [2.24, 2.45) is 7.05 Å². The smallest absolute Gasteiger partial charge is 0.354 e. The molecule has 2 heterocycles. The molecule has 1 aliphatic heterocycles. The van der Waals surface area contributed by atoms with Gasteiger partial charge in [-0.15, -0.1) is 0 Å². The van der Waals surface area contributed by atoms with Crippen molar-refractivity contribution in [3.8, 4) is 0 Å². The Morgan fingerprint density at radius 2 is 1.89 bits per heavy atom. The van der Waals surface area contributed by atoms with Crippen molar-refractivity contribution in [2.75, 3.05) is 4.90 Å². The van der Waals surface area contributed by atoms with Crippen LogP contribution in [0.15, 0.2) is 42.5 Å². The molecule has 6 nitrogen and oxygen atoms in total. The van der Waals surface area contributed by atoms with Crippen molar-refractivity contribution in [2.45, 2.75) is 19.8 Å². The number of nitrogens with zero attached hydrogens (tertiary/aromatic N) is 2. The minimum absolute atomic E-state index is 0.0603. The molecule has 0 radical (unpaired) electrons. The first-order valence-corrected chi connectivity index (χ1v) is 8.73. The molecule has 2 aromatic carbocycles. The van der Waals surface area contributed by atoms with Gasteiger partial charge in [0.15, 0.2) is 5.69 Å². The van der Waals surface area contributed by atoms with Gasteiger partial charge in [-0.1, -0.05) is 31.2 Å². The van der Waals surface area contributed by atoms with E-state index in [1.165, 1.54) is 4.57 Å². The predicted molar refractivity (Wildman–Crippen MR) is 101 cm³/mol. The molecule has 0 aliphatic carbocycles. The summed E-state index contributed by atoms with van der Waals surface area (Å²) < 4.78 is 1.52. The fourth-order valence-electron chi connectivity index (χ4n) is 3.75. The number of imide groups is 1. The number of carbonyl (C=O) groups excluding carboxylic acids is 2. The number of aromatic nitrogens is 1. The van der Waals surface area contributed by atoms with E-state index in [4.69, 9.17) is 0 Å². The number of fused-ring (bicyclic) bond motifs is 2. The third-order valence-corrected chi connectivity index (χ3v) is 5.11. The summed E-state index contributed by atoms with van der Waals surface area (Å²) in [5.74, 6) is -2.09. The van der Waals surface area contributed by atoms with Gasteiger partial charge in [-0.3, -0.25) is 9.59 Å². The molecule has 0 spiro atoms. The van der Waals surface area contributed by atoms with Crippen LogP contribution in [0.1, 0.15) is 38.9 Å². The van der Waals surface area contributed by atoms with Crippen LogP contribution in [0.5, 0.6) is 0 Å². The number of rotatable bonds is 3. The predicted octanol–water partition coefficient (Wildman–Crippen LogP) is 3.17. The van der Waals surface area contributed by atoms with Gasteiger partial charge in [-0.2, -0.15) is 0 Å². The molecule has 136 valence electrons. The summed E-state index contributed by atoms with van der Waals surface area (Å²) in [7, 11) is 1.63. The van der Waals surface area contributed by atoms with Gasteiger partial charge >= 0.3 is 5.97 Å². The SMILES string of the molecule is CCc1ccc2c(c1)c(N1C(=O)Cc3ccccc3C1=O)c(C(=O)O)n2C. The molecule has 1 N–H and O–H groups in total. The zero-order valence-electron chi connectivity index (χ0n) is 15.0. The van der Waals surface area contributed by atoms with E-state index in [0.29, 0.717) is 22.0 Å². The fraction of sp³-hybridized carbons (Fsp3) is 0.190. The molecule has 0 saturated carbocycles. The largest absolute Gasteiger partial charge is 0.477 e. The average Bonchev–Trinajstić information content (AvgIpc) is 2.94. The standard InChI is InChI=1S/C21H18N2O4/c1-3-12-8-9-16-15(10-12)18(19(21(26)27)22(16)2)23-17(24)11-13-6-4-5-7-14(13)20(23)25/h4-10H,3,11H2,1-2H3,(H,26,27). The van der Waals surface area contributed by atoms with Crippen LogP contribution >= 0.6 is 0 Å². The molecule has 0 saturated heterocycles. The lowest BCUT2D eigenvalue weighted by molar-refractivity contribution is -0.117. The van der Waals surface area contributed by atoms with E-state index in [9.17, 15) is 19.5 Å². The van der Waals surface area contributed by atoms with E-state index >= 15 is 0 Å². The molecule has 4 rings (SSSR count). The van der Waals surface area contributed by atoms with Crippen LogP contribution in [-0.4, -0.2) is 27.5 Å². The van der Waals surface area contributed by atoms with E-state index in [0.717, 1.165) is 16.9 Å². The number of amides is 2. The van der Waals surface area contributed by atoms with Crippen molar-refractivity contribution in [3.05, 3.63) is 64.8 Å². The van der Waals surface area contributed by atoms with Crippen LogP contribution in [0.3, 0.4) is 0 Å². The maximum atomic E-state index is 13.1. The fourth-order valence-corrected chi connectivity index (χ4v) is 3.75. The quantitative estimate of drug-likeness (QED) is 0.726. The number of carbonyl (C=O) groups is 3. The zero-order valence-corrected chi connectivity index (χ0v) is 15.0. The Kier molecular flexibility index (Phi) is 3.84. The number of carboxylic acids is 1. The number of hydrogen-bond acceptors (Lipinski definition) is 3. The second-order valence-corrected chi connectivity index (χ2v) is 6.63. The molecule has 3 aromatic rings. The van der Waals surface area contributed by atoms with Crippen LogP contribution in [0.4, 0.5) is 5.69 Å². The van der Waals surface area contributed by atoms with Crippen LogP contribution in [0, 0.1) is 0 Å². The molecule has 0 unspecified atom stereocenters. The van der Waals surface area contributed by atoms with E-state index < -0.39 is 17.8 Å². The zero-order chi connectivity index (χ0) is 19.3. The van der Waals surface area contributed by atoms with Crippen molar-refractivity contribution in [1.82, 2.24) is 4.57 Å². The van der Waals surface area contributed by atoms with Gasteiger partial charge in [0.05, 0.1) is 17.6 Å². The monoisotopic (exact) mass is 362 g/mol. The van der Waals surface area contributed by atoms with Crippen molar-refractivity contribution < 1.29 is 19.5 Å². The van der Waals surface area contributed by atoms with Gasteiger partial charge in [0.25, 0.3) is 5.91 Å². The summed E-state index contributed by atoms with van der Waals surface area (Å²) in [6.07, 6.45) is 0.822. The Hall–Kier alpha value is -3.41. The Morgan fingerprint density at radius 3 is 2.59 bits per heavy atom. The number of carboxylic acid groups (broad SMARTS) is 1. The van der Waals surface area contributed by atoms with Gasteiger partial charge in [0, 0.05) is 18.0 Å². The van der Waals surface area contributed by atoms with E-state index in [-0.39, 0.29) is 17.8 Å². The summed E-state index contributed by atoms with van der Waals surface area (Å²) in [4.78, 5) is 39.0. The maximum Gasteiger partial charge on any atom is 0.354 e. The highest BCUT2D eigenvalue weighted by Crippen LogP contribution is 2.37. The van der Waals surface area contributed by atoms with Crippen molar-refractivity contribution in [3.63, 3.8) is 0 Å². The van der Waals surface area contributed by atoms with E-state index in [1.807, 2.05) is 25.1 Å². The first-order valence-electron chi connectivity index (χ1n) is 8.73. The highest BCUT2D eigenvalue weighted by molar-refractivity contribution is 6.29. The lowest BCUT2D eigenvalue weighted by Crippen LogP contribution is -2.43. The first kappa shape index (κ1) is 17.0. The van der Waals surface area contributed by atoms with Crippen LogP contribution < -0.4 is 4.90 Å². The number of hydrogen-bond donors (Lipinski definition) is 1. The molecular formula is C21H18N2O4. The molecular weight excluding hydrogens is 344 g/mol. The first-order chi connectivity index (χ1) is 12.9. The van der Waals surface area contributed by atoms with Crippen LogP contribution in [0.25, 0.3) is 10.9 Å². The highest BCUT2D eigenvalue weighted by Gasteiger charge is 2.37. The molecule has 1 aromatic heterocycles. The topological polar surface area (TPSA) is 79.6 Å². The van der Waals surface area contributed by atoms with Gasteiger partial charge in [-0.25, -0.2) is 9.69 Å². The lowest BCUT2D eigenvalue weighted by atomic mass is 9.97. The van der Waals surface area contributed by atoms with E-state index in [1.54, 1.807) is 31.3 Å². The minimum atomic E-state index is -1.18. The number of anilines is 1. The van der Waals surface area contributed by atoms with Crippen LogP contribution in [-0.2, 0) is 24.7 Å². The maximum absolute atomic E-state index is 13.1. The lowest BCUT2D eigenvalue weighted by Gasteiger charge is -2.27. The van der Waals surface area contributed by atoms with Gasteiger partial charge in [0.2, 0.25) is 5.91 Å². The summed E-state index contributed by atoms with van der Waals surface area (Å²) in [5, 5.41) is 10.4. The molecule has 0 fully saturated rings. The summed E-state index contributed by atoms with van der Waals surface area (Å²) in [6, 6.07) is 12.5. The third-order valence-electron chi connectivity index (χ3n) is 5.11. The van der Waals surface area contributed by atoms with Gasteiger partial charge in [-0.05, 0) is 35.7 Å². The second kappa shape index (κ2) is 6.09. The molecule has 2 amide bonds.